The fourth-order valence-electron chi connectivity index (χ4n) is 1.90. The second kappa shape index (κ2) is 7.68. The molecule has 1 amide bonds. The van der Waals surface area contributed by atoms with E-state index in [0.717, 1.165) is 0 Å². The van der Waals surface area contributed by atoms with E-state index in [-0.39, 0.29) is 24.6 Å². The lowest BCUT2D eigenvalue weighted by Gasteiger charge is -2.14. The molecule has 0 aliphatic carbocycles. The van der Waals surface area contributed by atoms with E-state index in [2.05, 4.69) is 5.32 Å². The van der Waals surface area contributed by atoms with E-state index in [1.165, 1.54) is 6.07 Å². The van der Waals surface area contributed by atoms with Crippen molar-refractivity contribution in [1.82, 2.24) is 9.88 Å². The molecule has 0 radical (unpaired) electrons. The van der Waals surface area contributed by atoms with Crippen molar-refractivity contribution in [2.75, 3.05) is 26.1 Å². The number of anilines is 1. The number of esters is 1. The lowest BCUT2D eigenvalue weighted by atomic mass is 10.3. The summed E-state index contributed by atoms with van der Waals surface area (Å²) in [6.07, 6.45) is 1.67. The third-order valence-corrected chi connectivity index (χ3v) is 2.79. The van der Waals surface area contributed by atoms with Crippen LogP contribution in [-0.2, 0) is 14.3 Å². The average molecular weight is 297 g/mol. The van der Waals surface area contributed by atoms with Crippen LogP contribution in [0.2, 0.25) is 0 Å². The number of carbonyl (C=O) groups excluding carboxylic acids is 2. The summed E-state index contributed by atoms with van der Waals surface area (Å²) in [5, 5.41) is 2.66. The van der Waals surface area contributed by atoms with Crippen LogP contribution in [0.1, 0.15) is 37.3 Å². The van der Waals surface area contributed by atoms with Gasteiger partial charge in [-0.2, -0.15) is 0 Å². The van der Waals surface area contributed by atoms with Gasteiger partial charge in [-0.15, -0.1) is 0 Å². The third-order valence-electron chi connectivity index (χ3n) is 2.79. The van der Waals surface area contributed by atoms with Crippen LogP contribution in [0.25, 0.3) is 0 Å². The summed E-state index contributed by atoms with van der Waals surface area (Å²) in [5.41, 5.74) is 6.50. The van der Waals surface area contributed by atoms with Crippen LogP contribution in [-0.4, -0.2) is 42.8 Å². The summed E-state index contributed by atoms with van der Waals surface area (Å²) in [4.78, 5) is 23.6. The Morgan fingerprint density at radius 1 is 1.38 bits per heavy atom. The Balaban J connectivity index is 2.56. The molecule has 7 heteroatoms. The van der Waals surface area contributed by atoms with Crippen LogP contribution >= 0.6 is 0 Å². The van der Waals surface area contributed by atoms with Gasteiger partial charge in [0.2, 0.25) is 0 Å². The molecule has 0 bridgehead atoms. The minimum absolute atomic E-state index is 0.0698. The maximum atomic E-state index is 12.0. The third kappa shape index (κ3) is 5.11. The molecule has 1 aromatic rings. The molecule has 21 heavy (non-hydrogen) atoms. The second-order valence-corrected chi connectivity index (χ2v) is 5.16. The van der Waals surface area contributed by atoms with E-state index in [9.17, 15) is 9.59 Å². The van der Waals surface area contributed by atoms with E-state index >= 15 is 0 Å². The molecule has 7 nitrogen and oxygen atoms in total. The zero-order valence-electron chi connectivity index (χ0n) is 12.9. The molecular weight excluding hydrogens is 274 g/mol. The number of methoxy groups -OCH3 is 1. The molecule has 0 saturated heterocycles. The van der Waals surface area contributed by atoms with E-state index in [0.29, 0.717) is 18.0 Å². The van der Waals surface area contributed by atoms with Crippen LogP contribution in [0.3, 0.4) is 0 Å². The number of rotatable bonds is 7. The highest BCUT2D eigenvalue weighted by Crippen LogP contribution is 2.17. The van der Waals surface area contributed by atoms with Gasteiger partial charge in [0, 0.05) is 25.4 Å². The summed E-state index contributed by atoms with van der Waals surface area (Å²) >= 11 is 0. The quantitative estimate of drug-likeness (QED) is 0.731. The minimum atomic E-state index is -0.574. The van der Waals surface area contributed by atoms with Gasteiger partial charge in [-0.1, -0.05) is 0 Å². The van der Waals surface area contributed by atoms with E-state index in [1.54, 1.807) is 24.8 Å². The Bertz CT molecular complexity index is 496. The van der Waals surface area contributed by atoms with Gasteiger partial charge < -0.3 is 25.1 Å². The Kier molecular flexibility index (Phi) is 6.23. The van der Waals surface area contributed by atoms with Crippen LogP contribution in [0.15, 0.2) is 12.3 Å². The molecule has 118 valence electrons. The van der Waals surface area contributed by atoms with Crippen molar-refractivity contribution in [2.24, 2.45) is 0 Å². The number of aromatic nitrogens is 1. The molecular formula is C14H23N3O4. The predicted octanol–water partition coefficient (Wildman–Crippen LogP) is 0.959. The van der Waals surface area contributed by atoms with Gasteiger partial charge in [-0.25, -0.2) is 4.79 Å². The second-order valence-electron chi connectivity index (χ2n) is 5.16. The number of ether oxygens (including phenoxy) is 2. The van der Waals surface area contributed by atoms with Gasteiger partial charge in [0.1, 0.15) is 5.69 Å². The Labute approximate surface area is 124 Å². The van der Waals surface area contributed by atoms with Crippen LogP contribution in [0.4, 0.5) is 5.69 Å². The number of hydrogen-bond acceptors (Lipinski definition) is 5. The normalized spacial score (nSPS) is 12.2. The van der Waals surface area contributed by atoms with E-state index in [4.69, 9.17) is 15.2 Å². The number of nitrogens with two attached hydrogens (primary N) is 1. The Morgan fingerprint density at radius 2 is 2.05 bits per heavy atom. The Morgan fingerprint density at radius 3 is 2.62 bits per heavy atom. The molecule has 3 N–H and O–H groups in total. The number of nitrogen functional groups attached to an aromatic ring is 1. The highest BCUT2D eigenvalue weighted by molar-refractivity contribution is 5.91. The highest BCUT2D eigenvalue weighted by Gasteiger charge is 2.17. The molecule has 0 aliphatic heterocycles. The largest absolute Gasteiger partial charge is 0.451 e. The molecule has 0 fully saturated rings. The average Bonchev–Trinajstić information content (AvgIpc) is 2.78. The van der Waals surface area contributed by atoms with Gasteiger partial charge in [-0.05, 0) is 26.8 Å². The van der Waals surface area contributed by atoms with Gasteiger partial charge >= 0.3 is 5.97 Å². The van der Waals surface area contributed by atoms with Crippen molar-refractivity contribution in [2.45, 2.75) is 32.9 Å². The molecule has 1 rings (SSSR count). The molecule has 1 aromatic heterocycles. The standard InChI is InChI=1S/C14H23N3O4/c1-9(2)17-6-11(15)5-12(17)14(19)21-8-13(18)16-10(3)7-20-4/h5-6,9-10H,7-8,15H2,1-4H3,(H,16,18). The van der Waals surface area contributed by atoms with Crippen LogP contribution < -0.4 is 11.1 Å². The maximum absolute atomic E-state index is 12.0. The van der Waals surface area contributed by atoms with Crippen molar-refractivity contribution in [1.29, 1.82) is 0 Å². The molecule has 0 saturated carbocycles. The molecule has 1 heterocycles. The highest BCUT2D eigenvalue weighted by atomic mass is 16.5. The first-order chi connectivity index (χ1) is 9.85. The SMILES string of the molecule is COCC(C)NC(=O)COC(=O)c1cc(N)cn1C(C)C. The van der Waals surface area contributed by atoms with E-state index < -0.39 is 5.97 Å². The summed E-state index contributed by atoms with van der Waals surface area (Å²) in [6, 6.07) is 1.46. The number of hydrogen-bond donors (Lipinski definition) is 2. The van der Waals surface area contributed by atoms with Crippen molar-refractivity contribution >= 4 is 17.6 Å². The topological polar surface area (TPSA) is 95.6 Å². The molecule has 0 aromatic carbocycles. The lowest BCUT2D eigenvalue weighted by Crippen LogP contribution is -2.38. The fraction of sp³-hybridized carbons (Fsp3) is 0.571. The molecule has 1 unspecified atom stereocenters. The molecule has 0 aliphatic rings. The molecule has 0 spiro atoms. The van der Waals surface area contributed by atoms with Crippen molar-refractivity contribution in [3.8, 4) is 0 Å². The van der Waals surface area contributed by atoms with Crippen molar-refractivity contribution < 1.29 is 19.1 Å². The number of nitrogens with zero attached hydrogens (tertiary/aromatic N) is 1. The first-order valence-corrected chi connectivity index (χ1v) is 6.78. The van der Waals surface area contributed by atoms with Gasteiger partial charge in [0.25, 0.3) is 5.91 Å². The molecule has 1 atom stereocenters. The van der Waals surface area contributed by atoms with Crippen LogP contribution in [0.5, 0.6) is 0 Å². The lowest BCUT2D eigenvalue weighted by molar-refractivity contribution is -0.125. The summed E-state index contributed by atoms with van der Waals surface area (Å²) in [5.74, 6) is -0.946. The van der Waals surface area contributed by atoms with Gasteiger partial charge in [0.05, 0.1) is 12.3 Å². The van der Waals surface area contributed by atoms with Gasteiger partial charge in [0.15, 0.2) is 6.61 Å². The maximum Gasteiger partial charge on any atom is 0.355 e. The summed E-state index contributed by atoms with van der Waals surface area (Å²) < 4.78 is 11.6. The first kappa shape index (κ1) is 17.0. The number of amides is 1. The monoisotopic (exact) mass is 297 g/mol. The first-order valence-electron chi connectivity index (χ1n) is 6.78. The predicted molar refractivity (Wildman–Crippen MR) is 79.0 cm³/mol. The zero-order valence-corrected chi connectivity index (χ0v) is 12.9. The summed E-state index contributed by atoms with van der Waals surface area (Å²) in [6.45, 7) is 5.71. The summed E-state index contributed by atoms with van der Waals surface area (Å²) in [7, 11) is 1.55. The number of carbonyl (C=O) groups is 2. The van der Waals surface area contributed by atoms with Crippen molar-refractivity contribution in [3.63, 3.8) is 0 Å². The van der Waals surface area contributed by atoms with Crippen molar-refractivity contribution in [3.05, 3.63) is 18.0 Å². The van der Waals surface area contributed by atoms with E-state index in [1.807, 2.05) is 13.8 Å². The number of nitrogens with one attached hydrogen (secondary N) is 1. The smallest absolute Gasteiger partial charge is 0.355 e. The van der Waals surface area contributed by atoms with Gasteiger partial charge in [-0.3, -0.25) is 4.79 Å². The van der Waals surface area contributed by atoms with Crippen LogP contribution in [0, 0.1) is 0 Å². The fourth-order valence-corrected chi connectivity index (χ4v) is 1.90. The zero-order chi connectivity index (χ0) is 16.0. The minimum Gasteiger partial charge on any atom is -0.451 e. The Hall–Kier alpha value is -2.02.